The minimum absolute atomic E-state index is 0.108. The van der Waals surface area contributed by atoms with Crippen LogP contribution in [0.15, 0.2) is 12.4 Å². The first-order valence-electron chi connectivity index (χ1n) is 6.55. The van der Waals surface area contributed by atoms with Crippen LogP contribution < -0.4 is 0 Å². The van der Waals surface area contributed by atoms with Crippen molar-refractivity contribution in [2.45, 2.75) is 45.8 Å². The Kier molecular flexibility index (Phi) is 3.71. The first kappa shape index (κ1) is 13.1. The first-order chi connectivity index (χ1) is 8.54. The Balaban J connectivity index is 2.17. The molecule has 2 rings (SSSR count). The molecule has 2 heterocycles. The lowest BCUT2D eigenvalue weighted by Gasteiger charge is -2.28. The molecule has 0 saturated carbocycles. The van der Waals surface area contributed by atoms with E-state index in [4.69, 9.17) is 0 Å². The zero-order valence-corrected chi connectivity index (χ0v) is 11.2. The van der Waals surface area contributed by atoms with Gasteiger partial charge in [0.05, 0.1) is 6.20 Å². The number of aliphatic carboxylic acids is 1. The van der Waals surface area contributed by atoms with Gasteiger partial charge in [0.15, 0.2) is 0 Å². The molecule has 100 valence electrons. The summed E-state index contributed by atoms with van der Waals surface area (Å²) < 4.78 is 1.88. The first-order valence-corrected chi connectivity index (χ1v) is 6.55. The zero-order chi connectivity index (χ0) is 13.3. The van der Waals surface area contributed by atoms with Crippen LogP contribution in [-0.2, 0) is 11.3 Å². The number of carboxylic acids is 1. The number of aryl methyl sites for hydroxylation is 1. The molecule has 18 heavy (non-hydrogen) atoms. The third-order valence-corrected chi connectivity index (χ3v) is 3.95. The lowest BCUT2D eigenvalue weighted by molar-refractivity contribution is -0.144. The van der Waals surface area contributed by atoms with Gasteiger partial charge in [-0.3, -0.25) is 14.4 Å². The summed E-state index contributed by atoms with van der Waals surface area (Å²) in [7, 11) is 0. The van der Waals surface area contributed by atoms with Gasteiger partial charge in [0.25, 0.3) is 0 Å². The summed E-state index contributed by atoms with van der Waals surface area (Å²) in [5.74, 6) is -0.499. The van der Waals surface area contributed by atoms with Crippen LogP contribution in [0.4, 0.5) is 0 Å². The van der Waals surface area contributed by atoms with Crippen molar-refractivity contribution in [1.82, 2.24) is 14.7 Å². The van der Waals surface area contributed by atoms with E-state index in [0.717, 1.165) is 25.1 Å². The molecule has 5 nitrogen and oxygen atoms in total. The molecule has 1 fully saturated rings. The Morgan fingerprint density at radius 1 is 1.67 bits per heavy atom. The third-order valence-electron chi connectivity index (χ3n) is 3.95. The molecule has 3 atom stereocenters. The van der Waals surface area contributed by atoms with E-state index in [1.165, 1.54) is 0 Å². The maximum atomic E-state index is 11.4. The summed E-state index contributed by atoms with van der Waals surface area (Å²) in [6.45, 7) is 7.80. The highest BCUT2D eigenvalue weighted by molar-refractivity contribution is 5.74. The maximum absolute atomic E-state index is 11.4. The normalized spacial score (nSPS) is 26.4. The van der Waals surface area contributed by atoms with Gasteiger partial charge >= 0.3 is 5.97 Å². The molecule has 1 N–H and O–H groups in total. The number of aromatic nitrogens is 2. The minimum atomic E-state index is -0.713. The second-order valence-corrected chi connectivity index (χ2v) is 5.09. The molecule has 0 amide bonds. The topological polar surface area (TPSA) is 58.4 Å². The van der Waals surface area contributed by atoms with Gasteiger partial charge in [-0.25, -0.2) is 0 Å². The van der Waals surface area contributed by atoms with E-state index in [-0.39, 0.29) is 18.0 Å². The molecule has 1 aliphatic rings. The predicted molar refractivity (Wildman–Crippen MR) is 68.2 cm³/mol. The van der Waals surface area contributed by atoms with Crippen LogP contribution in [0.1, 0.15) is 38.8 Å². The van der Waals surface area contributed by atoms with E-state index in [9.17, 15) is 9.90 Å². The Bertz CT molecular complexity index is 430. The molecule has 1 saturated heterocycles. The molecular formula is C13H21N3O2. The molecule has 1 aliphatic heterocycles. The van der Waals surface area contributed by atoms with Crippen LogP contribution in [0.2, 0.25) is 0 Å². The minimum Gasteiger partial charge on any atom is -0.480 e. The van der Waals surface area contributed by atoms with Gasteiger partial charge in [-0.1, -0.05) is 6.92 Å². The highest BCUT2D eigenvalue weighted by Gasteiger charge is 2.39. The lowest BCUT2D eigenvalue weighted by atomic mass is 10.0. The summed E-state index contributed by atoms with van der Waals surface area (Å²) >= 11 is 0. The van der Waals surface area contributed by atoms with Gasteiger partial charge in [-0.2, -0.15) is 5.10 Å². The van der Waals surface area contributed by atoms with Gasteiger partial charge in [-0.15, -0.1) is 0 Å². The van der Waals surface area contributed by atoms with E-state index < -0.39 is 5.97 Å². The van der Waals surface area contributed by atoms with Gasteiger partial charge in [0.1, 0.15) is 6.04 Å². The van der Waals surface area contributed by atoms with E-state index >= 15 is 0 Å². The molecular weight excluding hydrogens is 230 g/mol. The smallest absolute Gasteiger partial charge is 0.321 e. The fourth-order valence-corrected chi connectivity index (χ4v) is 2.76. The Morgan fingerprint density at radius 2 is 2.39 bits per heavy atom. The van der Waals surface area contributed by atoms with Crippen molar-refractivity contribution in [2.75, 3.05) is 6.54 Å². The number of likely N-dealkylation sites (tertiary alicyclic amines) is 1. The van der Waals surface area contributed by atoms with Crippen molar-refractivity contribution in [1.29, 1.82) is 0 Å². The van der Waals surface area contributed by atoms with Crippen molar-refractivity contribution in [3.05, 3.63) is 18.0 Å². The standard InChI is InChI=1S/C13H21N3O2/c1-4-15-8-11(7-14-15)10(3)16-6-5-9(2)12(16)13(17)18/h7-10,12H,4-6H2,1-3H3,(H,17,18). The molecule has 3 unspecified atom stereocenters. The lowest BCUT2D eigenvalue weighted by Crippen LogP contribution is -2.40. The van der Waals surface area contributed by atoms with Crippen LogP contribution in [0.25, 0.3) is 0 Å². The molecule has 0 aliphatic carbocycles. The Labute approximate surface area is 107 Å². The monoisotopic (exact) mass is 251 g/mol. The SMILES string of the molecule is CCn1cc(C(C)N2CCC(C)C2C(=O)O)cn1. The summed E-state index contributed by atoms with van der Waals surface area (Å²) in [6, 6.07) is -0.263. The van der Waals surface area contributed by atoms with Gasteiger partial charge < -0.3 is 5.11 Å². The second kappa shape index (κ2) is 5.10. The largest absolute Gasteiger partial charge is 0.480 e. The van der Waals surface area contributed by atoms with E-state index in [1.807, 2.05) is 30.9 Å². The van der Waals surface area contributed by atoms with Gasteiger partial charge in [-0.05, 0) is 32.7 Å². The highest BCUT2D eigenvalue weighted by Crippen LogP contribution is 2.32. The van der Waals surface area contributed by atoms with Crippen LogP contribution in [-0.4, -0.2) is 38.3 Å². The average Bonchev–Trinajstić information content (AvgIpc) is 2.93. The molecule has 0 spiro atoms. The number of hydrogen-bond donors (Lipinski definition) is 1. The van der Waals surface area contributed by atoms with E-state index in [2.05, 4.69) is 16.9 Å². The molecule has 0 radical (unpaired) electrons. The van der Waals surface area contributed by atoms with Gasteiger partial charge in [0.2, 0.25) is 0 Å². The average molecular weight is 251 g/mol. The fourth-order valence-electron chi connectivity index (χ4n) is 2.76. The summed E-state index contributed by atoms with van der Waals surface area (Å²) in [5.41, 5.74) is 1.09. The molecule has 1 aromatic rings. The molecule has 0 aromatic carbocycles. The number of hydrogen-bond acceptors (Lipinski definition) is 3. The van der Waals surface area contributed by atoms with Crippen molar-refractivity contribution in [3.63, 3.8) is 0 Å². The Morgan fingerprint density at radius 3 is 2.94 bits per heavy atom. The quantitative estimate of drug-likeness (QED) is 0.886. The van der Waals surface area contributed by atoms with Crippen molar-refractivity contribution >= 4 is 5.97 Å². The number of carboxylic acid groups (broad SMARTS) is 1. The van der Waals surface area contributed by atoms with Crippen LogP contribution in [0.5, 0.6) is 0 Å². The summed E-state index contributed by atoms with van der Waals surface area (Å²) in [6.07, 6.45) is 4.80. The van der Waals surface area contributed by atoms with Crippen molar-refractivity contribution in [3.8, 4) is 0 Å². The van der Waals surface area contributed by atoms with Gasteiger partial charge in [0, 0.05) is 24.3 Å². The molecule has 5 heteroatoms. The van der Waals surface area contributed by atoms with Crippen molar-refractivity contribution < 1.29 is 9.90 Å². The molecule has 0 bridgehead atoms. The fraction of sp³-hybridized carbons (Fsp3) is 0.692. The van der Waals surface area contributed by atoms with Crippen LogP contribution >= 0.6 is 0 Å². The number of carbonyl (C=O) groups is 1. The summed E-state index contributed by atoms with van der Waals surface area (Å²) in [4.78, 5) is 13.4. The van der Waals surface area contributed by atoms with Crippen LogP contribution in [0.3, 0.4) is 0 Å². The highest BCUT2D eigenvalue weighted by atomic mass is 16.4. The maximum Gasteiger partial charge on any atom is 0.321 e. The molecule has 1 aromatic heterocycles. The van der Waals surface area contributed by atoms with E-state index in [1.54, 1.807) is 0 Å². The van der Waals surface area contributed by atoms with E-state index in [0.29, 0.717) is 0 Å². The Hall–Kier alpha value is -1.36. The number of nitrogens with zero attached hydrogens (tertiary/aromatic N) is 3. The zero-order valence-electron chi connectivity index (χ0n) is 11.2. The van der Waals surface area contributed by atoms with Crippen LogP contribution in [0, 0.1) is 5.92 Å². The predicted octanol–water partition coefficient (Wildman–Crippen LogP) is 1.76. The number of rotatable bonds is 4. The summed E-state index contributed by atoms with van der Waals surface area (Å²) in [5, 5.41) is 13.6. The van der Waals surface area contributed by atoms with Crippen molar-refractivity contribution in [2.24, 2.45) is 5.92 Å². The second-order valence-electron chi connectivity index (χ2n) is 5.09. The third kappa shape index (κ3) is 2.27.